The quantitative estimate of drug-likeness (QED) is 0.729. The highest BCUT2D eigenvalue weighted by Gasteiger charge is 2.11. The Bertz CT molecular complexity index is 318. The third kappa shape index (κ3) is 2.14. The predicted octanol–water partition coefficient (Wildman–Crippen LogP) is 0.932. The normalized spacial score (nSPS) is 10.2. The molecule has 1 aromatic rings. The highest BCUT2D eigenvalue weighted by Crippen LogP contribution is 2.11. The number of nitrogens with zero attached hydrogens (tertiary/aromatic N) is 1. The van der Waals surface area contributed by atoms with Gasteiger partial charge in [-0.05, 0) is 26.0 Å². The van der Waals surface area contributed by atoms with E-state index in [0.29, 0.717) is 12.1 Å². The molecule has 0 radical (unpaired) electrons. The zero-order valence-electron chi connectivity index (χ0n) is 8.62. The van der Waals surface area contributed by atoms with Crippen LogP contribution < -0.4 is 5.73 Å². The molecule has 4 heteroatoms. The van der Waals surface area contributed by atoms with E-state index in [4.69, 9.17) is 5.73 Å². The fourth-order valence-corrected chi connectivity index (χ4v) is 1.38. The SMILES string of the molecule is COC(=O)c1ccn(CCCN)c1C. The van der Waals surface area contributed by atoms with Crippen LogP contribution in [-0.4, -0.2) is 24.2 Å². The number of rotatable bonds is 4. The van der Waals surface area contributed by atoms with Crippen LogP contribution in [0.2, 0.25) is 0 Å². The first-order chi connectivity index (χ1) is 6.70. The third-order valence-electron chi connectivity index (χ3n) is 2.25. The minimum atomic E-state index is -0.283. The van der Waals surface area contributed by atoms with Crippen LogP contribution in [0.1, 0.15) is 22.5 Å². The van der Waals surface area contributed by atoms with Crippen LogP contribution in [-0.2, 0) is 11.3 Å². The number of methoxy groups -OCH3 is 1. The predicted molar refractivity (Wildman–Crippen MR) is 54.2 cm³/mol. The second-order valence-corrected chi connectivity index (χ2v) is 3.14. The van der Waals surface area contributed by atoms with E-state index in [2.05, 4.69) is 4.74 Å². The maximum absolute atomic E-state index is 11.3. The molecular weight excluding hydrogens is 180 g/mol. The van der Waals surface area contributed by atoms with Crippen LogP contribution in [0.4, 0.5) is 0 Å². The fraction of sp³-hybridized carbons (Fsp3) is 0.500. The van der Waals surface area contributed by atoms with Crippen molar-refractivity contribution in [1.82, 2.24) is 4.57 Å². The molecule has 0 atom stereocenters. The fourth-order valence-electron chi connectivity index (χ4n) is 1.38. The first-order valence-corrected chi connectivity index (χ1v) is 4.64. The molecule has 0 unspecified atom stereocenters. The lowest BCUT2D eigenvalue weighted by Crippen LogP contribution is -2.08. The van der Waals surface area contributed by atoms with Crippen molar-refractivity contribution < 1.29 is 9.53 Å². The molecule has 78 valence electrons. The number of aromatic nitrogens is 1. The van der Waals surface area contributed by atoms with Crippen molar-refractivity contribution in [3.8, 4) is 0 Å². The summed E-state index contributed by atoms with van der Waals surface area (Å²) in [7, 11) is 1.39. The van der Waals surface area contributed by atoms with Crippen LogP contribution in [0.25, 0.3) is 0 Å². The Morgan fingerprint density at radius 2 is 2.36 bits per heavy atom. The van der Waals surface area contributed by atoms with Crippen molar-refractivity contribution in [3.63, 3.8) is 0 Å². The zero-order chi connectivity index (χ0) is 10.6. The van der Waals surface area contributed by atoms with Crippen LogP contribution in [0.3, 0.4) is 0 Å². The first-order valence-electron chi connectivity index (χ1n) is 4.64. The molecule has 1 rings (SSSR count). The van der Waals surface area contributed by atoms with E-state index in [-0.39, 0.29) is 5.97 Å². The second kappa shape index (κ2) is 4.81. The Hall–Kier alpha value is -1.29. The lowest BCUT2D eigenvalue weighted by atomic mass is 10.2. The molecule has 2 N–H and O–H groups in total. The average Bonchev–Trinajstić information content (AvgIpc) is 2.56. The largest absolute Gasteiger partial charge is 0.465 e. The Morgan fingerprint density at radius 3 is 2.93 bits per heavy atom. The van der Waals surface area contributed by atoms with Gasteiger partial charge in [0.25, 0.3) is 0 Å². The highest BCUT2D eigenvalue weighted by atomic mass is 16.5. The van der Waals surface area contributed by atoms with Gasteiger partial charge in [0.2, 0.25) is 0 Å². The minimum absolute atomic E-state index is 0.283. The van der Waals surface area contributed by atoms with Gasteiger partial charge in [0, 0.05) is 18.4 Å². The summed E-state index contributed by atoms with van der Waals surface area (Å²) in [4.78, 5) is 11.3. The van der Waals surface area contributed by atoms with Crippen LogP contribution in [0, 0.1) is 6.92 Å². The molecular formula is C10H16N2O2. The smallest absolute Gasteiger partial charge is 0.339 e. The van der Waals surface area contributed by atoms with Gasteiger partial charge in [0.05, 0.1) is 12.7 Å². The summed E-state index contributed by atoms with van der Waals surface area (Å²) in [5.41, 5.74) is 6.98. The molecule has 0 aliphatic carbocycles. The van der Waals surface area contributed by atoms with E-state index in [1.807, 2.05) is 17.7 Å². The number of esters is 1. The Morgan fingerprint density at radius 1 is 1.64 bits per heavy atom. The molecule has 0 spiro atoms. The number of hydrogen-bond donors (Lipinski definition) is 1. The topological polar surface area (TPSA) is 57.2 Å². The third-order valence-corrected chi connectivity index (χ3v) is 2.25. The summed E-state index contributed by atoms with van der Waals surface area (Å²) in [5.74, 6) is -0.283. The highest BCUT2D eigenvalue weighted by molar-refractivity contribution is 5.90. The van der Waals surface area contributed by atoms with Gasteiger partial charge < -0.3 is 15.0 Å². The molecule has 14 heavy (non-hydrogen) atoms. The first kappa shape index (κ1) is 10.8. The zero-order valence-corrected chi connectivity index (χ0v) is 8.62. The lowest BCUT2D eigenvalue weighted by molar-refractivity contribution is 0.0600. The number of nitrogens with two attached hydrogens (primary N) is 1. The number of carbonyl (C=O) groups is 1. The van der Waals surface area contributed by atoms with Gasteiger partial charge in [-0.2, -0.15) is 0 Å². The molecule has 0 fully saturated rings. The molecule has 4 nitrogen and oxygen atoms in total. The molecule has 0 saturated carbocycles. The van der Waals surface area contributed by atoms with Crippen LogP contribution in [0.15, 0.2) is 12.3 Å². The van der Waals surface area contributed by atoms with Gasteiger partial charge in [-0.3, -0.25) is 0 Å². The standard InChI is InChI=1S/C10H16N2O2/c1-8-9(10(13)14-2)4-7-12(8)6-3-5-11/h4,7H,3,5-6,11H2,1-2H3. The molecule has 0 aromatic carbocycles. The Kier molecular flexibility index (Phi) is 3.71. The van der Waals surface area contributed by atoms with Crippen molar-refractivity contribution in [2.24, 2.45) is 5.73 Å². The van der Waals surface area contributed by atoms with Gasteiger partial charge in [0.1, 0.15) is 0 Å². The van der Waals surface area contributed by atoms with Gasteiger partial charge in [0.15, 0.2) is 0 Å². The minimum Gasteiger partial charge on any atom is -0.465 e. The van der Waals surface area contributed by atoms with Crippen molar-refractivity contribution in [2.45, 2.75) is 19.9 Å². The average molecular weight is 196 g/mol. The number of carbonyl (C=O) groups excluding carboxylic acids is 1. The Labute approximate surface area is 83.7 Å². The maximum atomic E-state index is 11.3. The lowest BCUT2D eigenvalue weighted by Gasteiger charge is -2.05. The summed E-state index contributed by atoms with van der Waals surface area (Å²) in [6, 6.07) is 1.78. The summed E-state index contributed by atoms with van der Waals surface area (Å²) in [5, 5.41) is 0. The summed E-state index contributed by atoms with van der Waals surface area (Å²) >= 11 is 0. The van der Waals surface area contributed by atoms with Crippen molar-refractivity contribution >= 4 is 5.97 Å². The van der Waals surface area contributed by atoms with Gasteiger partial charge in [-0.25, -0.2) is 4.79 Å². The van der Waals surface area contributed by atoms with Gasteiger partial charge in [-0.1, -0.05) is 0 Å². The van der Waals surface area contributed by atoms with E-state index in [9.17, 15) is 4.79 Å². The molecule has 0 aliphatic heterocycles. The van der Waals surface area contributed by atoms with Gasteiger partial charge in [-0.15, -0.1) is 0 Å². The number of ether oxygens (including phenoxy) is 1. The summed E-state index contributed by atoms with van der Waals surface area (Å²) in [6.45, 7) is 3.41. The second-order valence-electron chi connectivity index (χ2n) is 3.14. The monoisotopic (exact) mass is 196 g/mol. The van der Waals surface area contributed by atoms with Crippen molar-refractivity contribution in [2.75, 3.05) is 13.7 Å². The molecule has 0 amide bonds. The van der Waals surface area contributed by atoms with Crippen molar-refractivity contribution in [3.05, 3.63) is 23.5 Å². The summed E-state index contributed by atoms with van der Waals surface area (Å²) < 4.78 is 6.67. The van der Waals surface area contributed by atoms with E-state index >= 15 is 0 Å². The van der Waals surface area contributed by atoms with Crippen LogP contribution >= 0.6 is 0 Å². The van der Waals surface area contributed by atoms with Crippen LogP contribution in [0.5, 0.6) is 0 Å². The molecule has 0 aliphatic rings. The van der Waals surface area contributed by atoms with E-state index in [1.165, 1.54) is 7.11 Å². The molecule has 1 aromatic heterocycles. The number of aryl methyl sites for hydroxylation is 1. The van der Waals surface area contributed by atoms with E-state index in [1.54, 1.807) is 6.07 Å². The maximum Gasteiger partial charge on any atom is 0.339 e. The van der Waals surface area contributed by atoms with E-state index in [0.717, 1.165) is 18.7 Å². The number of hydrogen-bond acceptors (Lipinski definition) is 3. The molecule has 0 bridgehead atoms. The Balaban J connectivity index is 2.80. The molecule has 0 saturated heterocycles. The van der Waals surface area contributed by atoms with Crippen molar-refractivity contribution in [1.29, 1.82) is 0 Å². The summed E-state index contributed by atoms with van der Waals surface area (Å²) in [6.07, 6.45) is 2.80. The van der Waals surface area contributed by atoms with E-state index < -0.39 is 0 Å². The molecule has 1 heterocycles. The van der Waals surface area contributed by atoms with Gasteiger partial charge >= 0.3 is 5.97 Å².